The number of rotatable bonds is 5. The minimum Gasteiger partial charge on any atom is -0.467 e. The van der Waals surface area contributed by atoms with E-state index in [2.05, 4.69) is 0 Å². The summed E-state index contributed by atoms with van der Waals surface area (Å²) < 4.78 is 5.21. The summed E-state index contributed by atoms with van der Waals surface area (Å²) in [5, 5.41) is 10.1. The minimum absolute atomic E-state index is 0.0126. The van der Waals surface area contributed by atoms with Crippen molar-refractivity contribution in [2.45, 2.75) is 43.6 Å². The van der Waals surface area contributed by atoms with Crippen molar-refractivity contribution in [2.24, 2.45) is 0 Å². The lowest BCUT2D eigenvalue weighted by Gasteiger charge is -2.28. The van der Waals surface area contributed by atoms with E-state index in [4.69, 9.17) is 4.42 Å². The lowest BCUT2D eigenvalue weighted by Crippen LogP contribution is -2.40. The van der Waals surface area contributed by atoms with Gasteiger partial charge in [0.25, 0.3) is 0 Å². The lowest BCUT2D eigenvalue weighted by molar-refractivity contribution is -0.131. The summed E-state index contributed by atoms with van der Waals surface area (Å²) in [5.41, 5.74) is 0. The van der Waals surface area contributed by atoms with E-state index < -0.39 is 6.10 Å². The SMILES string of the molecule is CSC(C)C(=O)N1CCCC1CC(O)c1ccco1. The first kappa shape index (κ1) is 14.5. The van der Waals surface area contributed by atoms with Crippen molar-refractivity contribution >= 4 is 17.7 Å². The Labute approximate surface area is 118 Å². The predicted molar refractivity (Wildman–Crippen MR) is 76.0 cm³/mol. The van der Waals surface area contributed by atoms with Crippen molar-refractivity contribution in [1.82, 2.24) is 4.90 Å². The number of amides is 1. The Bertz CT molecular complexity index is 407. The fraction of sp³-hybridized carbons (Fsp3) is 0.643. The van der Waals surface area contributed by atoms with Gasteiger partial charge in [-0.05, 0) is 38.2 Å². The highest BCUT2D eigenvalue weighted by Gasteiger charge is 2.33. The Morgan fingerprint density at radius 2 is 2.47 bits per heavy atom. The Balaban J connectivity index is 1.97. The van der Waals surface area contributed by atoms with Crippen LogP contribution < -0.4 is 0 Å². The normalized spacial score (nSPS) is 22.5. The highest BCUT2D eigenvalue weighted by molar-refractivity contribution is 7.99. The van der Waals surface area contributed by atoms with E-state index in [0.717, 1.165) is 19.4 Å². The summed E-state index contributed by atoms with van der Waals surface area (Å²) >= 11 is 1.57. The predicted octanol–water partition coefficient (Wildman–Crippen LogP) is 2.45. The number of hydrogen-bond acceptors (Lipinski definition) is 4. The molecule has 19 heavy (non-hydrogen) atoms. The van der Waals surface area contributed by atoms with E-state index in [1.807, 2.05) is 18.1 Å². The number of carbonyl (C=O) groups is 1. The number of nitrogens with zero attached hydrogens (tertiary/aromatic N) is 1. The number of thioether (sulfide) groups is 1. The summed E-state index contributed by atoms with van der Waals surface area (Å²) in [5.74, 6) is 0.763. The molecule has 3 unspecified atom stereocenters. The van der Waals surface area contributed by atoms with Gasteiger partial charge in [-0.25, -0.2) is 0 Å². The maximum atomic E-state index is 12.3. The molecule has 1 aliphatic heterocycles. The van der Waals surface area contributed by atoms with Crippen LogP contribution in [0.15, 0.2) is 22.8 Å². The number of aliphatic hydroxyl groups excluding tert-OH is 1. The second-order valence-electron chi connectivity index (χ2n) is 4.97. The van der Waals surface area contributed by atoms with Crippen molar-refractivity contribution in [1.29, 1.82) is 0 Å². The monoisotopic (exact) mass is 283 g/mol. The smallest absolute Gasteiger partial charge is 0.235 e. The van der Waals surface area contributed by atoms with Crippen molar-refractivity contribution < 1.29 is 14.3 Å². The number of carbonyl (C=O) groups excluding carboxylic acids is 1. The van der Waals surface area contributed by atoms with E-state index in [-0.39, 0.29) is 17.2 Å². The molecular formula is C14H21NO3S. The molecule has 2 heterocycles. The first-order valence-electron chi connectivity index (χ1n) is 6.68. The minimum atomic E-state index is -0.627. The molecule has 2 rings (SSSR count). The molecule has 1 fully saturated rings. The third kappa shape index (κ3) is 3.34. The molecule has 0 aromatic carbocycles. The first-order chi connectivity index (χ1) is 9.13. The van der Waals surface area contributed by atoms with Crippen LogP contribution in [-0.2, 0) is 4.79 Å². The fourth-order valence-electron chi connectivity index (χ4n) is 2.56. The zero-order valence-corrected chi connectivity index (χ0v) is 12.2. The summed E-state index contributed by atoms with van der Waals surface area (Å²) in [6, 6.07) is 3.67. The molecule has 1 N–H and O–H groups in total. The van der Waals surface area contributed by atoms with Crippen LogP contribution in [0, 0.1) is 0 Å². The van der Waals surface area contributed by atoms with Crippen LogP contribution in [0.3, 0.4) is 0 Å². The Morgan fingerprint density at radius 3 is 3.11 bits per heavy atom. The van der Waals surface area contributed by atoms with Crippen molar-refractivity contribution in [3.63, 3.8) is 0 Å². The number of furan rings is 1. The van der Waals surface area contributed by atoms with Crippen LogP contribution in [0.1, 0.15) is 38.1 Å². The maximum Gasteiger partial charge on any atom is 0.235 e. The van der Waals surface area contributed by atoms with Gasteiger partial charge in [-0.3, -0.25) is 4.79 Å². The van der Waals surface area contributed by atoms with E-state index in [1.165, 1.54) is 0 Å². The van der Waals surface area contributed by atoms with Crippen molar-refractivity contribution in [2.75, 3.05) is 12.8 Å². The standard InChI is InChI=1S/C14H21NO3S/c1-10(19-2)14(17)15-7-3-5-11(15)9-12(16)13-6-4-8-18-13/h4,6,8,10-12,16H,3,5,7,9H2,1-2H3. The molecule has 1 aromatic rings. The Hall–Kier alpha value is -0.940. The molecule has 1 amide bonds. The Morgan fingerprint density at radius 1 is 1.68 bits per heavy atom. The summed E-state index contributed by atoms with van der Waals surface area (Å²) in [7, 11) is 0. The van der Waals surface area contributed by atoms with Gasteiger partial charge in [-0.2, -0.15) is 11.8 Å². The van der Waals surface area contributed by atoms with Gasteiger partial charge < -0.3 is 14.4 Å². The van der Waals surface area contributed by atoms with E-state index in [9.17, 15) is 9.90 Å². The first-order valence-corrected chi connectivity index (χ1v) is 7.97. The van der Waals surface area contributed by atoms with Crippen LogP contribution in [0.5, 0.6) is 0 Å². The second-order valence-corrected chi connectivity index (χ2v) is 6.15. The molecule has 0 saturated carbocycles. The maximum absolute atomic E-state index is 12.3. The zero-order valence-electron chi connectivity index (χ0n) is 11.4. The molecule has 5 heteroatoms. The molecule has 0 radical (unpaired) electrons. The highest BCUT2D eigenvalue weighted by Crippen LogP contribution is 2.29. The van der Waals surface area contributed by atoms with Gasteiger partial charge in [0.05, 0.1) is 11.5 Å². The van der Waals surface area contributed by atoms with E-state index in [0.29, 0.717) is 12.2 Å². The average Bonchev–Trinajstić information content (AvgIpc) is 3.07. The molecule has 3 atom stereocenters. The number of hydrogen-bond donors (Lipinski definition) is 1. The van der Waals surface area contributed by atoms with Crippen LogP contribution in [0.2, 0.25) is 0 Å². The van der Waals surface area contributed by atoms with Gasteiger partial charge in [0, 0.05) is 19.0 Å². The molecule has 0 bridgehead atoms. The van der Waals surface area contributed by atoms with Gasteiger partial charge in [-0.15, -0.1) is 0 Å². The molecule has 106 valence electrons. The van der Waals surface area contributed by atoms with Crippen LogP contribution >= 0.6 is 11.8 Å². The summed E-state index contributed by atoms with van der Waals surface area (Å²) in [6.07, 6.45) is 5.42. The van der Waals surface area contributed by atoms with Gasteiger partial charge in [-0.1, -0.05) is 0 Å². The third-order valence-corrected chi connectivity index (χ3v) is 4.64. The van der Waals surface area contributed by atoms with Gasteiger partial charge in [0.15, 0.2) is 0 Å². The zero-order chi connectivity index (χ0) is 13.8. The topological polar surface area (TPSA) is 53.7 Å². The summed E-state index contributed by atoms with van der Waals surface area (Å²) in [4.78, 5) is 14.2. The molecule has 1 saturated heterocycles. The van der Waals surface area contributed by atoms with Crippen molar-refractivity contribution in [3.8, 4) is 0 Å². The van der Waals surface area contributed by atoms with E-state index >= 15 is 0 Å². The largest absolute Gasteiger partial charge is 0.467 e. The van der Waals surface area contributed by atoms with Crippen LogP contribution in [-0.4, -0.2) is 40.0 Å². The quantitative estimate of drug-likeness (QED) is 0.902. The van der Waals surface area contributed by atoms with Gasteiger partial charge in [0.2, 0.25) is 5.91 Å². The average molecular weight is 283 g/mol. The Kier molecular flexibility index (Phi) is 4.93. The van der Waals surface area contributed by atoms with Crippen molar-refractivity contribution in [3.05, 3.63) is 24.2 Å². The second kappa shape index (κ2) is 6.48. The molecule has 4 nitrogen and oxygen atoms in total. The van der Waals surface area contributed by atoms with Gasteiger partial charge in [0.1, 0.15) is 11.9 Å². The molecule has 1 aromatic heterocycles. The molecule has 1 aliphatic rings. The number of aliphatic hydroxyl groups is 1. The lowest BCUT2D eigenvalue weighted by atomic mass is 10.0. The summed E-state index contributed by atoms with van der Waals surface area (Å²) in [6.45, 7) is 2.74. The molecule has 0 aliphatic carbocycles. The number of likely N-dealkylation sites (tertiary alicyclic amines) is 1. The highest BCUT2D eigenvalue weighted by atomic mass is 32.2. The fourth-order valence-corrected chi connectivity index (χ4v) is 2.90. The molecular weight excluding hydrogens is 262 g/mol. The molecule has 0 spiro atoms. The van der Waals surface area contributed by atoms with Gasteiger partial charge >= 0.3 is 0 Å². The van der Waals surface area contributed by atoms with Crippen LogP contribution in [0.4, 0.5) is 0 Å². The van der Waals surface area contributed by atoms with Crippen LogP contribution in [0.25, 0.3) is 0 Å². The van der Waals surface area contributed by atoms with E-state index in [1.54, 1.807) is 30.2 Å². The third-order valence-electron chi connectivity index (χ3n) is 3.73.